The Kier molecular flexibility index (Phi) is 5.68. The van der Waals surface area contributed by atoms with Crippen LogP contribution in [-0.4, -0.2) is 22.6 Å². The van der Waals surface area contributed by atoms with Crippen molar-refractivity contribution in [1.82, 2.24) is 4.98 Å². The van der Waals surface area contributed by atoms with Crippen molar-refractivity contribution >= 4 is 12.0 Å². The van der Waals surface area contributed by atoms with Gasteiger partial charge in [-0.2, -0.15) is 0 Å². The summed E-state index contributed by atoms with van der Waals surface area (Å²) in [5.74, 6) is -0.0166. The molecule has 1 aromatic heterocycles. The van der Waals surface area contributed by atoms with Crippen molar-refractivity contribution in [2.45, 2.75) is 13.0 Å². The third-order valence-electron chi connectivity index (χ3n) is 3.00. The molecule has 0 saturated carbocycles. The van der Waals surface area contributed by atoms with Crippen molar-refractivity contribution in [2.24, 2.45) is 5.73 Å². The van der Waals surface area contributed by atoms with E-state index < -0.39 is 5.91 Å². The molecular weight excluding hydrogens is 280 g/mol. The van der Waals surface area contributed by atoms with E-state index in [2.05, 4.69) is 4.98 Å². The summed E-state index contributed by atoms with van der Waals surface area (Å²) < 4.78 is 5.73. The van der Waals surface area contributed by atoms with Crippen LogP contribution in [0.2, 0.25) is 0 Å². The summed E-state index contributed by atoms with van der Waals surface area (Å²) in [6.45, 7) is 0.309. The number of carbonyl (C=O) groups is 1. The number of amides is 1. The predicted octanol–water partition coefficient (Wildman–Crippen LogP) is 1.69. The second-order valence-corrected chi connectivity index (χ2v) is 4.66. The third kappa shape index (κ3) is 4.71. The first-order valence-corrected chi connectivity index (χ1v) is 6.94. The van der Waals surface area contributed by atoms with Crippen molar-refractivity contribution in [3.63, 3.8) is 0 Å². The highest BCUT2D eigenvalue weighted by atomic mass is 16.5. The predicted molar refractivity (Wildman–Crippen MR) is 84.0 cm³/mol. The molecule has 5 heteroatoms. The van der Waals surface area contributed by atoms with Crippen LogP contribution in [0.15, 0.2) is 48.5 Å². The number of rotatable bonds is 7. The number of ether oxygens (including phenoxy) is 1. The van der Waals surface area contributed by atoms with Gasteiger partial charge in [-0.05, 0) is 23.8 Å². The first-order valence-electron chi connectivity index (χ1n) is 6.94. The number of primary amides is 1. The number of hydrogen-bond donors (Lipinski definition) is 2. The molecule has 5 nitrogen and oxygen atoms in total. The number of carbonyl (C=O) groups excluding carboxylic acids is 1. The van der Waals surface area contributed by atoms with E-state index in [1.165, 1.54) is 17.7 Å². The average Bonchev–Trinajstić information content (AvgIpc) is 2.54. The maximum atomic E-state index is 10.9. The minimum atomic E-state index is -0.563. The van der Waals surface area contributed by atoms with E-state index in [4.69, 9.17) is 15.6 Å². The van der Waals surface area contributed by atoms with Crippen molar-refractivity contribution < 1.29 is 14.6 Å². The van der Waals surface area contributed by atoms with Crippen molar-refractivity contribution in [1.29, 1.82) is 0 Å². The molecule has 3 N–H and O–H groups in total. The van der Waals surface area contributed by atoms with E-state index in [0.29, 0.717) is 23.7 Å². The smallest absolute Gasteiger partial charge is 0.241 e. The minimum Gasteiger partial charge on any atom is -0.491 e. The first-order chi connectivity index (χ1) is 10.7. The maximum Gasteiger partial charge on any atom is 0.241 e. The van der Waals surface area contributed by atoms with Gasteiger partial charge in [0, 0.05) is 12.5 Å². The van der Waals surface area contributed by atoms with Crippen LogP contribution in [0.1, 0.15) is 17.0 Å². The van der Waals surface area contributed by atoms with Crippen LogP contribution in [0.3, 0.4) is 0 Å². The molecule has 22 heavy (non-hydrogen) atoms. The molecule has 0 aliphatic carbocycles. The number of benzene rings is 1. The zero-order valence-electron chi connectivity index (χ0n) is 12.1. The lowest BCUT2D eigenvalue weighted by atomic mass is 10.2. The number of hydrogen-bond acceptors (Lipinski definition) is 4. The van der Waals surface area contributed by atoms with Crippen LogP contribution < -0.4 is 10.5 Å². The van der Waals surface area contributed by atoms with Gasteiger partial charge >= 0.3 is 0 Å². The van der Waals surface area contributed by atoms with Gasteiger partial charge in [0.1, 0.15) is 11.4 Å². The second-order valence-electron chi connectivity index (χ2n) is 4.66. The van der Waals surface area contributed by atoms with Crippen LogP contribution in [0, 0.1) is 0 Å². The number of pyridine rings is 1. The largest absolute Gasteiger partial charge is 0.491 e. The molecule has 1 amide bonds. The summed E-state index contributed by atoms with van der Waals surface area (Å²) in [6, 6.07) is 13.4. The maximum absolute atomic E-state index is 10.9. The Bertz CT molecular complexity index is 654. The van der Waals surface area contributed by atoms with Gasteiger partial charge in [0.2, 0.25) is 5.91 Å². The molecule has 0 unspecified atom stereocenters. The van der Waals surface area contributed by atoms with E-state index >= 15 is 0 Å². The molecule has 0 radical (unpaired) electrons. The summed E-state index contributed by atoms with van der Waals surface area (Å²) in [5, 5.41) is 9.14. The van der Waals surface area contributed by atoms with Gasteiger partial charge < -0.3 is 15.6 Å². The Morgan fingerprint density at radius 2 is 2.00 bits per heavy atom. The summed E-state index contributed by atoms with van der Waals surface area (Å²) in [6.07, 6.45) is 3.47. The zero-order chi connectivity index (χ0) is 15.8. The van der Waals surface area contributed by atoms with E-state index in [0.717, 1.165) is 6.42 Å². The molecule has 0 fully saturated rings. The molecule has 0 saturated heterocycles. The van der Waals surface area contributed by atoms with E-state index in [1.807, 2.05) is 30.3 Å². The lowest BCUT2D eigenvalue weighted by Crippen LogP contribution is -2.07. The molecule has 0 atom stereocenters. The lowest BCUT2D eigenvalue weighted by molar-refractivity contribution is -0.113. The average molecular weight is 298 g/mol. The summed E-state index contributed by atoms with van der Waals surface area (Å²) in [4.78, 5) is 15.1. The second kappa shape index (κ2) is 7.95. The van der Waals surface area contributed by atoms with Gasteiger partial charge in [-0.15, -0.1) is 0 Å². The van der Waals surface area contributed by atoms with Gasteiger partial charge in [-0.3, -0.25) is 4.79 Å². The van der Waals surface area contributed by atoms with E-state index in [-0.39, 0.29) is 6.61 Å². The molecule has 0 bridgehead atoms. The fraction of sp³-hybridized carbons (Fsp3) is 0.176. The van der Waals surface area contributed by atoms with E-state index in [9.17, 15) is 4.79 Å². The summed E-state index contributed by atoms with van der Waals surface area (Å²) in [5.41, 5.74) is 7.24. The number of aromatic nitrogens is 1. The van der Waals surface area contributed by atoms with Crippen molar-refractivity contribution in [3.05, 3.63) is 65.5 Å². The van der Waals surface area contributed by atoms with Crippen molar-refractivity contribution in [2.75, 3.05) is 6.61 Å². The van der Waals surface area contributed by atoms with Crippen LogP contribution in [0.5, 0.6) is 5.75 Å². The van der Waals surface area contributed by atoms with Gasteiger partial charge in [0.25, 0.3) is 0 Å². The molecule has 0 spiro atoms. The van der Waals surface area contributed by atoms with Crippen LogP contribution >= 0.6 is 0 Å². The van der Waals surface area contributed by atoms with Crippen LogP contribution in [0.4, 0.5) is 0 Å². The standard InChI is InChI=1S/C17H18N2O3/c18-17(21)9-7-15-16(8-6-14(12-20)19-15)22-11-10-13-4-2-1-3-5-13/h1-9,20H,10-12H2,(H2,18,21). The SMILES string of the molecule is NC(=O)C=Cc1nc(CO)ccc1OCCc1ccccc1. The molecule has 0 aliphatic rings. The fourth-order valence-electron chi connectivity index (χ4n) is 1.92. The summed E-state index contributed by atoms with van der Waals surface area (Å²) >= 11 is 0. The quantitative estimate of drug-likeness (QED) is 0.762. The number of aliphatic hydroxyl groups is 1. The Hall–Kier alpha value is -2.66. The monoisotopic (exact) mass is 298 g/mol. The van der Waals surface area contributed by atoms with Gasteiger partial charge in [0.05, 0.1) is 18.9 Å². The molecular formula is C17H18N2O3. The fourth-order valence-corrected chi connectivity index (χ4v) is 1.92. The van der Waals surface area contributed by atoms with Crippen molar-refractivity contribution in [3.8, 4) is 5.75 Å². The topological polar surface area (TPSA) is 85.4 Å². The highest BCUT2D eigenvalue weighted by Crippen LogP contribution is 2.19. The van der Waals surface area contributed by atoms with E-state index in [1.54, 1.807) is 12.1 Å². The summed E-state index contributed by atoms with van der Waals surface area (Å²) in [7, 11) is 0. The highest BCUT2D eigenvalue weighted by Gasteiger charge is 2.05. The number of nitrogens with two attached hydrogens (primary N) is 1. The van der Waals surface area contributed by atoms with Crippen LogP contribution in [-0.2, 0) is 17.8 Å². The Balaban J connectivity index is 2.07. The minimum absolute atomic E-state index is 0.179. The Morgan fingerprint density at radius 1 is 1.23 bits per heavy atom. The Labute approximate surface area is 129 Å². The Morgan fingerprint density at radius 3 is 2.68 bits per heavy atom. The molecule has 2 rings (SSSR count). The number of aliphatic hydroxyl groups excluding tert-OH is 1. The molecule has 1 heterocycles. The highest BCUT2D eigenvalue weighted by molar-refractivity contribution is 5.90. The third-order valence-corrected chi connectivity index (χ3v) is 3.00. The molecule has 1 aromatic carbocycles. The normalized spacial score (nSPS) is 10.8. The first kappa shape index (κ1) is 15.7. The molecule has 114 valence electrons. The van der Waals surface area contributed by atoms with Gasteiger partial charge in [0.15, 0.2) is 0 Å². The molecule has 0 aliphatic heterocycles. The van der Waals surface area contributed by atoms with Crippen LogP contribution in [0.25, 0.3) is 6.08 Å². The zero-order valence-corrected chi connectivity index (χ0v) is 12.1. The number of nitrogens with zero attached hydrogens (tertiary/aromatic N) is 1. The van der Waals surface area contributed by atoms with Gasteiger partial charge in [-0.25, -0.2) is 4.98 Å². The molecule has 2 aromatic rings. The lowest BCUT2D eigenvalue weighted by Gasteiger charge is -2.10. The van der Waals surface area contributed by atoms with Gasteiger partial charge in [-0.1, -0.05) is 30.3 Å².